The molecule has 4 heteroatoms. The Bertz CT molecular complexity index is 702. The minimum Gasteiger partial charge on any atom is -0.388 e. The number of hydrogen-bond acceptors (Lipinski definition) is 3. The normalized spacial score (nSPS) is 9.95. The van der Waals surface area contributed by atoms with Crippen LogP contribution in [0.2, 0.25) is 0 Å². The fourth-order valence-electron chi connectivity index (χ4n) is 2.20. The first kappa shape index (κ1) is 14.7. The number of nitrogens with one attached hydrogen (secondary N) is 2. The standard InChI is InChI=1S/C17H16FN3/c1-21-17-10-14(6-7-15(17)11-20)13-5-4-12(3-2-8-19)16(18)9-13/h4-7,9-11,20-21H,2-3H2,1H3. The molecule has 0 aliphatic heterocycles. The summed E-state index contributed by atoms with van der Waals surface area (Å²) in [7, 11) is 1.79. The summed E-state index contributed by atoms with van der Waals surface area (Å²) in [5.74, 6) is -0.287. The maximum atomic E-state index is 14.0. The van der Waals surface area contributed by atoms with Crippen LogP contribution in [0, 0.1) is 22.6 Å². The summed E-state index contributed by atoms with van der Waals surface area (Å²) in [6.45, 7) is 0. The molecule has 0 unspecified atom stereocenters. The van der Waals surface area contributed by atoms with Gasteiger partial charge in [-0.15, -0.1) is 0 Å². The van der Waals surface area contributed by atoms with Gasteiger partial charge in [-0.3, -0.25) is 0 Å². The van der Waals surface area contributed by atoms with Crippen molar-refractivity contribution >= 4 is 11.9 Å². The zero-order valence-electron chi connectivity index (χ0n) is 11.8. The van der Waals surface area contributed by atoms with Crippen LogP contribution in [0.1, 0.15) is 17.5 Å². The molecule has 0 fully saturated rings. The van der Waals surface area contributed by atoms with Gasteiger partial charge in [0.2, 0.25) is 0 Å². The second-order valence-corrected chi connectivity index (χ2v) is 4.66. The first-order valence-corrected chi connectivity index (χ1v) is 6.67. The second kappa shape index (κ2) is 6.67. The summed E-state index contributed by atoms with van der Waals surface area (Å²) in [5.41, 5.74) is 3.84. The van der Waals surface area contributed by atoms with Crippen molar-refractivity contribution < 1.29 is 4.39 Å². The third-order valence-electron chi connectivity index (χ3n) is 3.37. The first-order chi connectivity index (χ1) is 10.2. The zero-order valence-corrected chi connectivity index (χ0v) is 11.8. The molecular weight excluding hydrogens is 265 g/mol. The lowest BCUT2D eigenvalue weighted by atomic mass is 9.99. The highest BCUT2D eigenvalue weighted by molar-refractivity contribution is 5.88. The molecule has 0 heterocycles. The predicted octanol–water partition coefficient (Wildman–Crippen LogP) is 3.99. The lowest BCUT2D eigenvalue weighted by Gasteiger charge is -2.10. The van der Waals surface area contributed by atoms with Gasteiger partial charge in [-0.2, -0.15) is 5.26 Å². The van der Waals surface area contributed by atoms with Crippen LogP contribution in [-0.4, -0.2) is 13.3 Å². The molecule has 2 N–H and O–H groups in total. The Morgan fingerprint density at radius 2 is 1.95 bits per heavy atom. The summed E-state index contributed by atoms with van der Waals surface area (Å²) >= 11 is 0. The smallest absolute Gasteiger partial charge is 0.127 e. The number of nitriles is 1. The molecule has 2 aromatic rings. The maximum absolute atomic E-state index is 14.0. The van der Waals surface area contributed by atoms with E-state index in [-0.39, 0.29) is 5.82 Å². The summed E-state index contributed by atoms with van der Waals surface area (Å²) in [6, 6.07) is 12.7. The minimum absolute atomic E-state index is 0.287. The van der Waals surface area contributed by atoms with Crippen LogP contribution in [0.25, 0.3) is 11.1 Å². The average Bonchev–Trinajstić information content (AvgIpc) is 2.53. The van der Waals surface area contributed by atoms with Crippen molar-refractivity contribution in [2.75, 3.05) is 12.4 Å². The minimum atomic E-state index is -0.287. The molecule has 0 amide bonds. The van der Waals surface area contributed by atoms with Crippen molar-refractivity contribution in [2.45, 2.75) is 12.8 Å². The van der Waals surface area contributed by atoms with Gasteiger partial charge in [-0.25, -0.2) is 4.39 Å². The fourth-order valence-corrected chi connectivity index (χ4v) is 2.20. The SMILES string of the molecule is CNc1cc(-c2ccc(CCC#N)c(F)c2)ccc1C=N. The molecule has 0 bridgehead atoms. The Morgan fingerprint density at radius 1 is 1.24 bits per heavy atom. The lowest BCUT2D eigenvalue weighted by Crippen LogP contribution is -1.95. The van der Waals surface area contributed by atoms with E-state index in [1.54, 1.807) is 13.1 Å². The third-order valence-corrected chi connectivity index (χ3v) is 3.37. The molecule has 21 heavy (non-hydrogen) atoms. The molecule has 2 rings (SSSR count). The molecule has 106 valence electrons. The van der Waals surface area contributed by atoms with E-state index >= 15 is 0 Å². The van der Waals surface area contributed by atoms with Gasteiger partial charge in [-0.05, 0) is 35.2 Å². The highest BCUT2D eigenvalue weighted by atomic mass is 19.1. The Balaban J connectivity index is 2.36. The number of aryl methyl sites for hydroxylation is 1. The number of nitrogens with zero attached hydrogens (tertiary/aromatic N) is 1. The monoisotopic (exact) mass is 281 g/mol. The molecule has 0 saturated heterocycles. The van der Waals surface area contributed by atoms with Crippen LogP contribution in [0.4, 0.5) is 10.1 Å². The van der Waals surface area contributed by atoms with Gasteiger partial charge < -0.3 is 10.7 Å². The van der Waals surface area contributed by atoms with Gasteiger partial charge in [0.15, 0.2) is 0 Å². The summed E-state index contributed by atoms with van der Waals surface area (Å²) < 4.78 is 14.0. The van der Waals surface area contributed by atoms with Gasteiger partial charge >= 0.3 is 0 Å². The van der Waals surface area contributed by atoms with E-state index in [0.717, 1.165) is 22.4 Å². The molecule has 3 nitrogen and oxygen atoms in total. The second-order valence-electron chi connectivity index (χ2n) is 4.66. The van der Waals surface area contributed by atoms with Crippen molar-refractivity contribution in [3.63, 3.8) is 0 Å². The number of anilines is 1. The zero-order chi connectivity index (χ0) is 15.2. The van der Waals surface area contributed by atoms with E-state index in [4.69, 9.17) is 10.7 Å². The average molecular weight is 281 g/mol. The predicted molar refractivity (Wildman–Crippen MR) is 83.2 cm³/mol. The molecule has 0 radical (unpaired) electrons. The van der Waals surface area contributed by atoms with E-state index in [0.29, 0.717) is 18.4 Å². The van der Waals surface area contributed by atoms with E-state index in [2.05, 4.69) is 5.32 Å². The highest BCUT2D eigenvalue weighted by Crippen LogP contribution is 2.26. The Kier molecular flexibility index (Phi) is 4.68. The van der Waals surface area contributed by atoms with Crippen LogP contribution in [0.5, 0.6) is 0 Å². The van der Waals surface area contributed by atoms with Crippen LogP contribution in [0.3, 0.4) is 0 Å². The van der Waals surface area contributed by atoms with E-state index in [1.807, 2.05) is 30.3 Å². The summed E-state index contributed by atoms with van der Waals surface area (Å²) in [5, 5.41) is 18.9. The molecule has 0 aliphatic rings. The molecule has 0 spiro atoms. The Labute approximate surface area is 123 Å². The topological polar surface area (TPSA) is 59.7 Å². The van der Waals surface area contributed by atoms with E-state index in [1.165, 1.54) is 12.3 Å². The quantitative estimate of drug-likeness (QED) is 0.814. The van der Waals surface area contributed by atoms with Crippen LogP contribution in [-0.2, 0) is 6.42 Å². The van der Waals surface area contributed by atoms with Crippen molar-refractivity contribution in [1.82, 2.24) is 0 Å². The van der Waals surface area contributed by atoms with Crippen LogP contribution < -0.4 is 5.32 Å². The van der Waals surface area contributed by atoms with Gasteiger partial charge in [0, 0.05) is 30.9 Å². The Morgan fingerprint density at radius 3 is 2.57 bits per heavy atom. The third kappa shape index (κ3) is 3.26. The number of hydrogen-bond donors (Lipinski definition) is 2. The number of rotatable bonds is 5. The van der Waals surface area contributed by atoms with Gasteiger partial charge in [0.05, 0.1) is 6.07 Å². The largest absolute Gasteiger partial charge is 0.388 e. The number of halogens is 1. The van der Waals surface area contributed by atoms with Gasteiger partial charge in [0.25, 0.3) is 0 Å². The summed E-state index contributed by atoms with van der Waals surface area (Å²) in [4.78, 5) is 0. The van der Waals surface area contributed by atoms with Crippen molar-refractivity contribution in [3.8, 4) is 17.2 Å². The van der Waals surface area contributed by atoms with E-state index < -0.39 is 0 Å². The van der Waals surface area contributed by atoms with Crippen LogP contribution >= 0.6 is 0 Å². The molecule has 0 saturated carbocycles. The van der Waals surface area contributed by atoms with Crippen molar-refractivity contribution in [3.05, 3.63) is 53.3 Å². The Hall–Kier alpha value is -2.67. The van der Waals surface area contributed by atoms with E-state index in [9.17, 15) is 4.39 Å². The lowest BCUT2D eigenvalue weighted by molar-refractivity contribution is 0.610. The van der Waals surface area contributed by atoms with Crippen molar-refractivity contribution in [2.24, 2.45) is 0 Å². The van der Waals surface area contributed by atoms with Gasteiger partial charge in [-0.1, -0.05) is 24.3 Å². The van der Waals surface area contributed by atoms with Crippen molar-refractivity contribution in [1.29, 1.82) is 10.7 Å². The van der Waals surface area contributed by atoms with Gasteiger partial charge in [0.1, 0.15) is 5.82 Å². The molecule has 0 atom stereocenters. The van der Waals surface area contributed by atoms with Crippen LogP contribution in [0.15, 0.2) is 36.4 Å². The molecule has 0 aromatic heterocycles. The number of benzene rings is 2. The first-order valence-electron chi connectivity index (χ1n) is 6.67. The maximum Gasteiger partial charge on any atom is 0.127 e. The molecule has 0 aliphatic carbocycles. The molecule has 2 aromatic carbocycles. The highest BCUT2D eigenvalue weighted by Gasteiger charge is 2.07. The molecular formula is C17H16FN3. The summed E-state index contributed by atoms with van der Waals surface area (Å²) in [6.07, 6.45) is 2.02. The fraction of sp³-hybridized carbons (Fsp3) is 0.176.